The van der Waals surface area contributed by atoms with Gasteiger partial charge < -0.3 is 9.47 Å². The molecule has 8 heteroatoms. The lowest BCUT2D eigenvalue weighted by atomic mass is 10.2. The normalized spacial score (nSPS) is 11.1. The second-order valence-electron chi connectivity index (χ2n) is 2.82. The second kappa shape index (κ2) is 5.22. The van der Waals surface area contributed by atoms with Crippen molar-refractivity contribution in [2.45, 2.75) is 12.2 Å². The van der Waals surface area contributed by atoms with Crippen LogP contribution in [0.3, 0.4) is 0 Å². The number of nitrogens with zero attached hydrogens (tertiary/aromatic N) is 1. The Kier molecular flexibility index (Phi) is 4.17. The molecule has 0 aliphatic carbocycles. The number of halogens is 4. The zero-order valence-electron chi connectivity index (χ0n) is 8.55. The van der Waals surface area contributed by atoms with E-state index in [1.165, 1.54) is 7.11 Å². The van der Waals surface area contributed by atoms with Crippen LogP contribution in [0.4, 0.5) is 13.2 Å². The predicted molar refractivity (Wildman–Crippen MR) is 52.4 cm³/mol. The summed E-state index contributed by atoms with van der Waals surface area (Å²) >= 11 is 5.50. The quantitative estimate of drug-likeness (QED) is 0.622. The Morgan fingerprint density at radius 1 is 1.53 bits per heavy atom. The fourth-order valence-electron chi connectivity index (χ4n) is 1.15. The van der Waals surface area contributed by atoms with E-state index in [1.54, 1.807) is 0 Å². The number of aromatic nitrogens is 1. The molecular formula is C9H7ClF3NO3. The highest BCUT2D eigenvalue weighted by Gasteiger charge is 2.34. The van der Waals surface area contributed by atoms with Gasteiger partial charge in [-0.2, -0.15) is 0 Å². The van der Waals surface area contributed by atoms with Gasteiger partial charge in [0.1, 0.15) is 11.4 Å². The zero-order valence-corrected chi connectivity index (χ0v) is 9.30. The third-order valence-electron chi connectivity index (χ3n) is 1.81. The van der Waals surface area contributed by atoms with Crippen molar-refractivity contribution in [2.75, 3.05) is 7.11 Å². The molecule has 0 spiro atoms. The van der Waals surface area contributed by atoms with Crippen LogP contribution in [-0.4, -0.2) is 24.7 Å². The molecule has 0 saturated heterocycles. The van der Waals surface area contributed by atoms with Gasteiger partial charge in [-0.05, 0) is 0 Å². The molecule has 0 aromatic carbocycles. The van der Waals surface area contributed by atoms with E-state index < -0.39 is 17.8 Å². The summed E-state index contributed by atoms with van der Waals surface area (Å²) in [6, 6.07) is 0. The maximum Gasteiger partial charge on any atom is 0.573 e. The molecule has 0 bridgehead atoms. The number of alkyl halides is 4. The first-order valence-electron chi connectivity index (χ1n) is 4.25. The number of rotatable bonds is 4. The summed E-state index contributed by atoms with van der Waals surface area (Å²) in [7, 11) is 1.24. The van der Waals surface area contributed by atoms with Gasteiger partial charge in [-0.25, -0.2) is 4.98 Å². The summed E-state index contributed by atoms with van der Waals surface area (Å²) in [6.07, 6.45) is -3.69. The van der Waals surface area contributed by atoms with Crippen molar-refractivity contribution in [3.05, 3.63) is 17.5 Å². The first-order valence-corrected chi connectivity index (χ1v) is 4.79. The number of aldehydes is 1. The molecule has 0 aliphatic rings. The number of hydrogen-bond acceptors (Lipinski definition) is 4. The molecule has 0 N–H and O–H groups in total. The molecule has 17 heavy (non-hydrogen) atoms. The van der Waals surface area contributed by atoms with Gasteiger partial charge in [0.05, 0.1) is 24.8 Å². The highest BCUT2D eigenvalue weighted by molar-refractivity contribution is 6.17. The number of methoxy groups -OCH3 is 1. The summed E-state index contributed by atoms with van der Waals surface area (Å²) in [5, 5.41) is 0. The fraction of sp³-hybridized carbons (Fsp3) is 0.333. The number of ether oxygens (including phenoxy) is 2. The van der Waals surface area contributed by atoms with Crippen molar-refractivity contribution in [3.63, 3.8) is 0 Å². The molecule has 0 saturated carbocycles. The van der Waals surface area contributed by atoms with Crippen LogP contribution < -0.4 is 9.47 Å². The maximum atomic E-state index is 12.2. The highest BCUT2D eigenvalue weighted by Crippen LogP contribution is 2.34. The summed E-state index contributed by atoms with van der Waals surface area (Å²) < 4.78 is 45.0. The van der Waals surface area contributed by atoms with Crippen LogP contribution in [0.25, 0.3) is 0 Å². The summed E-state index contributed by atoms with van der Waals surface area (Å²) in [6.45, 7) is 0. The zero-order chi connectivity index (χ0) is 13.1. The van der Waals surface area contributed by atoms with E-state index in [1.807, 2.05) is 0 Å². The molecule has 0 amide bonds. The molecule has 1 aromatic rings. The Balaban J connectivity index is 3.35. The molecule has 4 nitrogen and oxygen atoms in total. The minimum Gasteiger partial charge on any atom is -0.495 e. The first kappa shape index (κ1) is 13.6. The van der Waals surface area contributed by atoms with Crippen LogP contribution in [0.15, 0.2) is 6.20 Å². The van der Waals surface area contributed by atoms with E-state index >= 15 is 0 Å². The molecule has 1 rings (SSSR count). The van der Waals surface area contributed by atoms with Crippen LogP contribution in [0.1, 0.15) is 16.1 Å². The van der Waals surface area contributed by atoms with Gasteiger partial charge >= 0.3 is 6.36 Å². The van der Waals surface area contributed by atoms with Crippen molar-refractivity contribution < 1.29 is 27.4 Å². The SMILES string of the molecule is COc1cnc(C=O)c(OC(F)(F)F)c1CCl. The van der Waals surface area contributed by atoms with E-state index in [4.69, 9.17) is 16.3 Å². The van der Waals surface area contributed by atoms with Crippen LogP contribution in [-0.2, 0) is 5.88 Å². The minimum atomic E-state index is -4.94. The molecule has 1 aromatic heterocycles. The van der Waals surface area contributed by atoms with E-state index in [0.29, 0.717) is 0 Å². The van der Waals surface area contributed by atoms with Gasteiger partial charge in [0.2, 0.25) is 0 Å². The molecule has 0 atom stereocenters. The van der Waals surface area contributed by atoms with E-state index in [-0.39, 0.29) is 23.5 Å². The van der Waals surface area contributed by atoms with Crippen LogP contribution in [0, 0.1) is 0 Å². The molecule has 0 aliphatic heterocycles. The monoisotopic (exact) mass is 269 g/mol. The van der Waals surface area contributed by atoms with E-state index in [0.717, 1.165) is 6.20 Å². The fourth-order valence-corrected chi connectivity index (χ4v) is 1.40. The average molecular weight is 270 g/mol. The average Bonchev–Trinajstić information content (AvgIpc) is 2.26. The highest BCUT2D eigenvalue weighted by atomic mass is 35.5. The van der Waals surface area contributed by atoms with Gasteiger partial charge in [-0.3, -0.25) is 4.79 Å². The Hall–Kier alpha value is -1.50. The summed E-state index contributed by atoms with van der Waals surface area (Å²) in [5.74, 6) is -1.02. The molecule has 0 radical (unpaired) electrons. The van der Waals surface area contributed by atoms with Crippen molar-refractivity contribution in [2.24, 2.45) is 0 Å². The Labute approximate surface area is 99.3 Å². The summed E-state index contributed by atoms with van der Waals surface area (Å²) in [4.78, 5) is 14.1. The molecule has 0 fully saturated rings. The standard InChI is InChI=1S/C9H7ClF3NO3/c1-16-7-3-14-6(4-15)8(5(7)2-10)17-9(11,12)13/h3-4H,2H2,1H3. The third-order valence-corrected chi connectivity index (χ3v) is 2.08. The second-order valence-corrected chi connectivity index (χ2v) is 3.09. The van der Waals surface area contributed by atoms with Crippen LogP contribution in [0.5, 0.6) is 11.5 Å². The van der Waals surface area contributed by atoms with Gasteiger partial charge in [0, 0.05) is 0 Å². The first-order chi connectivity index (χ1) is 7.92. The van der Waals surface area contributed by atoms with Crippen molar-refractivity contribution in [1.29, 1.82) is 0 Å². The lowest BCUT2D eigenvalue weighted by Crippen LogP contribution is -2.19. The molecule has 0 unspecified atom stereocenters. The number of carbonyl (C=O) groups is 1. The van der Waals surface area contributed by atoms with Gasteiger partial charge in [-0.1, -0.05) is 0 Å². The predicted octanol–water partition coefficient (Wildman–Crippen LogP) is 2.54. The largest absolute Gasteiger partial charge is 0.573 e. The van der Waals surface area contributed by atoms with Crippen LogP contribution in [0.2, 0.25) is 0 Å². The lowest BCUT2D eigenvalue weighted by Gasteiger charge is -2.15. The van der Waals surface area contributed by atoms with Crippen molar-refractivity contribution in [3.8, 4) is 11.5 Å². The Morgan fingerprint density at radius 3 is 2.59 bits per heavy atom. The van der Waals surface area contributed by atoms with Gasteiger partial charge in [0.15, 0.2) is 12.0 Å². The summed E-state index contributed by atoms with van der Waals surface area (Å²) in [5.41, 5.74) is -0.567. The Morgan fingerprint density at radius 2 is 2.18 bits per heavy atom. The third kappa shape index (κ3) is 3.23. The minimum absolute atomic E-state index is 0.0184. The van der Waals surface area contributed by atoms with Crippen molar-refractivity contribution in [1.82, 2.24) is 4.98 Å². The molecular weight excluding hydrogens is 263 g/mol. The van der Waals surface area contributed by atoms with Gasteiger partial charge in [-0.15, -0.1) is 24.8 Å². The van der Waals surface area contributed by atoms with Gasteiger partial charge in [0.25, 0.3) is 0 Å². The number of pyridine rings is 1. The Bertz CT molecular complexity index is 423. The topological polar surface area (TPSA) is 48.4 Å². The number of hydrogen-bond donors (Lipinski definition) is 0. The maximum absolute atomic E-state index is 12.2. The number of carbonyl (C=O) groups excluding carboxylic acids is 1. The van der Waals surface area contributed by atoms with Crippen LogP contribution >= 0.6 is 11.6 Å². The van der Waals surface area contributed by atoms with Crippen molar-refractivity contribution >= 4 is 17.9 Å². The molecule has 94 valence electrons. The smallest absolute Gasteiger partial charge is 0.495 e. The van der Waals surface area contributed by atoms with E-state index in [9.17, 15) is 18.0 Å². The van der Waals surface area contributed by atoms with E-state index in [2.05, 4.69) is 9.72 Å². The molecule has 1 heterocycles. The lowest BCUT2D eigenvalue weighted by molar-refractivity contribution is -0.275.